The lowest BCUT2D eigenvalue weighted by Crippen LogP contribution is -2.44. The van der Waals surface area contributed by atoms with Gasteiger partial charge in [0.15, 0.2) is 5.82 Å². The van der Waals surface area contributed by atoms with E-state index in [1.807, 2.05) is 13.1 Å². The first-order valence-electron chi connectivity index (χ1n) is 13.5. The van der Waals surface area contributed by atoms with Crippen LogP contribution in [-0.4, -0.2) is 62.9 Å². The number of anilines is 1. The lowest BCUT2D eigenvalue weighted by molar-refractivity contribution is 0.0427. The quantitative estimate of drug-likeness (QED) is 0.368. The van der Waals surface area contributed by atoms with Crippen LogP contribution in [0.3, 0.4) is 0 Å². The first-order valence-corrected chi connectivity index (χ1v) is 13.5. The number of aromatic nitrogens is 4. The minimum absolute atomic E-state index is 0.0423. The van der Waals surface area contributed by atoms with Crippen molar-refractivity contribution in [3.8, 4) is 11.3 Å². The highest BCUT2D eigenvalue weighted by Gasteiger charge is 2.36. The Morgan fingerprint density at radius 1 is 1.07 bits per heavy atom. The van der Waals surface area contributed by atoms with Crippen LogP contribution in [0.5, 0.6) is 0 Å². The van der Waals surface area contributed by atoms with Crippen molar-refractivity contribution in [3.63, 3.8) is 0 Å². The number of hydrogen-bond acceptors (Lipinski definition) is 8. The first-order chi connectivity index (χ1) is 18.7. The minimum atomic E-state index is -0.918. The zero-order valence-corrected chi connectivity index (χ0v) is 24.8. The molecule has 0 N–H and O–H groups in total. The van der Waals surface area contributed by atoms with E-state index in [0.29, 0.717) is 16.8 Å². The van der Waals surface area contributed by atoms with Crippen LogP contribution in [-0.2, 0) is 20.6 Å². The number of allylic oxidation sites excluding steroid dienone is 1. The maximum absolute atomic E-state index is 13.4. The molecular formula is C29H40N6O5. The fraction of sp³-hybridized carbons (Fsp3) is 0.586. The Bertz CT molecular complexity index is 1260. The van der Waals surface area contributed by atoms with Crippen LogP contribution in [0, 0.1) is 6.57 Å². The van der Waals surface area contributed by atoms with Gasteiger partial charge in [-0.25, -0.2) is 30.8 Å². The standard InChI is InChI=1S/C29H40N6O5/c1-19(38-9)14-22-24(21-15-33-34(17-21)23(16-30-8)20-12-10-11-13-20)31-18-32-25(22)35(26(36)39-28(2,3)4)27(37)40-29(5,6)7/h15,17-19H,10-14,16H2,1-7,9H3. The summed E-state index contributed by atoms with van der Waals surface area (Å²) in [6, 6.07) is 0. The first kappa shape index (κ1) is 30.8. The van der Waals surface area contributed by atoms with Crippen LogP contribution < -0.4 is 4.90 Å². The fourth-order valence-corrected chi connectivity index (χ4v) is 4.37. The number of amides is 2. The summed E-state index contributed by atoms with van der Waals surface area (Å²) in [5.74, 6) is 0.0423. The maximum atomic E-state index is 13.4. The molecule has 0 saturated heterocycles. The Labute approximate surface area is 236 Å². The predicted octanol–water partition coefficient (Wildman–Crippen LogP) is 6.30. The molecule has 0 spiro atoms. The summed E-state index contributed by atoms with van der Waals surface area (Å²) in [6.07, 6.45) is 7.04. The number of imide groups is 1. The van der Waals surface area contributed by atoms with Gasteiger partial charge in [0, 0.05) is 30.9 Å². The van der Waals surface area contributed by atoms with Gasteiger partial charge in [-0.3, -0.25) is 0 Å². The topological polar surface area (TPSA) is 113 Å². The largest absolute Gasteiger partial charge is 0.443 e. The molecule has 0 aliphatic heterocycles. The van der Waals surface area contributed by atoms with Gasteiger partial charge in [0.25, 0.3) is 6.54 Å². The lowest BCUT2D eigenvalue weighted by Gasteiger charge is -2.29. The molecule has 1 aliphatic carbocycles. The number of carbonyl (C=O) groups excluding carboxylic acids is 2. The summed E-state index contributed by atoms with van der Waals surface area (Å²) in [5, 5.41) is 4.57. The highest BCUT2D eigenvalue weighted by molar-refractivity contribution is 6.09. The van der Waals surface area contributed by atoms with Crippen molar-refractivity contribution in [2.24, 2.45) is 0 Å². The van der Waals surface area contributed by atoms with Gasteiger partial charge in [0.05, 0.1) is 18.0 Å². The summed E-state index contributed by atoms with van der Waals surface area (Å²) in [4.78, 5) is 40.2. The molecule has 3 rings (SSSR count). The predicted molar refractivity (Wildman–Crippen MR) is 152 cm³/mol. The van der Waals surface area contributed by atoms with Crippen molar-refractivity contribution >= 4 is 23.7 Å². The highest BCUT2D eigenvalue weighted by Crippen LogP contribution is 2.33. The van der Waals surface area contributed by atoms with E-state index in [2.05, 4.69) is 19.9 Å². The molecule has 2 heterocycles. The number of hydrogen-bond donors (Lipinski definition) is 0. The van der Waals surface area contributed by atoms with Gasteiger partial charge in [-0.05, 0) is 79.7 Å². The van der Waals surface area contributed by atoms with E-state index in [0.717, 1.165) is 36.3 Å². The van der Waals surface area contributed by atoms with Crippen LogP contribution >= 0.6 is 0 Å². The van der Waals surface area contributed by atoms with Crippen LogP contribution in [0.15, 0.2) is 24.3 Å². The Balaban J connectivity index is 2.18. The molecule has 1 fully saturated rings. The second kappa shape index (κ2) is 12.6. The van der Waals surface area contributed by atoms with Crippen molar-refractivity contribution in [1.29, 1.82) is 0 Å². The minimum Gasteiger partial charge on any atom is -0.443 e. The Kier molecular flexibility index (Phi) is 9.69. The SMILES string of the molecule is [C-]#[N+]CC(=C1CCCC1)n1cc(-c2ncnc(N(C(=O)OC(C)(C)C)C(=O)OC(C)(C)C)c2CC(C)OC)cn1. The summed E-state index contributed by atoms with van der Waals surface area (Å²) in [7, 11) is 1.58. The summed E-state index contributed by atoms with van der Waals surface area (Å²) < 4.78 is 18.4. The van der Waals surface area contributed by atoms with Crippen LogP contribution in [0.2, 0.25) is 0 Å². The van der Waals surface area contributed by atoms with Gasteiger partial charge in [0.2, 0.25) is 0 Å². The Morgan fingerprint density at radius 2 is 1.68 bits per heavy atom. The van der Waals surface area contributed by atoms with Crippen molar-refractivity contribution in [2.75, 3.05) is 18.6 Å². The smallest absolute Gasteiger partial charge is 0.425 e. The molecular weight excluding hydrogens is 512 g/mol. The molecule has 1 saturated carbocycles. The Morgan fingerprint density at radius 3 is 2.20 bits per heavy atom. The van der Waals surface area contributed by atoms with Gasteiger partial charge < -0.3 is 19.1 Å². The van der Waals surface area contributed by atoms with E-state index < -0.39 is 23.4 Å². The fourth-order valence-electron chi connectivity index (χ4n) is 4.37. The number of methoxy groups -OCH3 is 1. The average Bonchev–Trinajstić information content (AvgIpc) is 3.54. The molecule has 0 aromatic carbocycles. The monoisotopic (exact) mass is 552 g/mol. The van der Waals surface area contributed by atoms with E-state index in [4.69, 9.17) is 20.8 Å². The summed E-state index contributed by atoms with van der Waals surface area (Å²) in [6.45, 7) is 19.8. The second-order valence-corrected chi connectivity index (χ2v) is 11.8. The van der Waals surface area contributed by atoms with Crippen molar-refractivity contribution in [2.45, 2.75) is 97.9 Å². The van der Waals surface area contributed by atoms with E-state index in [1.54, 1.807) is 59.5 Å². The third-order valence-electron chi connectivity index (χ3n) is 6.16. The highest BCUT2D eigenvalue weighted by atomic mass is 16.6. The molecule has 40 heavy (non-hydrogen) atoms. The molecule has 11 nitrogen and oxygen atoms in total. The van der Waals surface area contributed by atoms with Crippen LogP contribution in [0.25, 0.3) is 21.8 Å². The second-order valence-electron chi connectivity index (χ2n) is 11.8. The molecule has 1 aliphatic rings. The molecule has 11 heteroatoms. The molecule has 2 aromatic rings. The molecule has 0 radical (unpaired) electrons. The maximum Gasteiger partial charge on any atom is 0.425 e. The molecule has 2 amide bonds. The van der Waals surface area contributed by atoms with Gasteiger partial charge >= 0.3 is 12.2 Å². The van der Waals surface area contributed by atoms with Gasteiger partial charge in [0.1, 0.15) is 23.2 Å². The molecule has 1 atom stereocenters. The van der Waals surface area contributed by atoms with Crippen LogP contribution in [0.4, 0.5) is 15.4 Å². The van der Waals surface area contributed by atoms with Crippen molar-refractivity contribution in [1.82, 2.24) is 19.7 Å². The van der Waals surface area contributed by atoms with Crippen molar-refractivity contribution < 1.29 is 23.8 Å². The third kappa shape index (κ3) is 7.88. The van der Waals surface area contributed by atoms with Crippen molar-refractivity contribution in [3.05, 3.63) is 41.3 Å². The Hall–Kier alpha value is -3.78. The number of rotatable bonds is 7. The normalized spacial score (nSPS) is 14.4. The third-order valence-corrected chi connectivity index (χ3v) is 6.16. The summed E-state index contributed by atoms with van der Waals surface area (Å²) >= 11 is 0. The van der Waals surface area contributed by atoms with E-state index in [-0.39, 0.29) is 24.9 Å². The number of ether oxygens (including phenoxy) is 3. The number of carbonyl (C=O) groups is 2. The molecule has 2 aromatic heterocycles. The average molecular weight is 553 g/mol. The number of nitrogens with zero attached hydrogens (tertiary/aromatic N) is 6. The van der Waals surface area contributed by atoms with Gasteiger partial charge in [-0.1, -0.05) is 0 Å². The zero-order valence-electron chi connectivity index (χ0n) is 24.8. The lowest BCUT2D eigenvalue weighted by atomic mass is 10.0. The molecule has 216 valence electrons. The van der Waals surface area contributed by atoms with Crippen LogP contribution in [0.1, 0.15) is 79.7 Å². The summed E-state index contributed by atoms with van der Waals surface area (Å²) in [5.41, 5.74) is 2.00. The molecule has 1 unspecified atom stereocenters. The van der Waals surface area contributed by atoms with Gasteiger partial charge in [-0.15, -0.1) is 0 Å². The van der Waals surface area contributed by atoms with Gasteiger partial charge in [-0.2, -0.15) is 10.00 Å². The van der Waals surface area contributed by atoms with E-state index in [1.165, 1.54) is 11.9 Å². The van der Waals surface area contributed by atoms with E-state index in [9.17, 15) is 9.59 Å². The molecule has 0 bridgehead atoms. The van der Waals surface area contributed by atoms with E-state index >= 15 is 0 Å². The zero-order chi connectivity index (χ0) is 29.7.